The molecule has 0 bridgehead atoms. The van der Waals surface area contributed by atoms with E-state index in [1.165, 1.54) is 0 Å². The number of hydrogen-bond donors (Lipinski definition) is 1. The fourth-order valence-electron chi connectivity index (χ4n) is 1.83. The largest absolute Gasteiger partial charge is 0.481 e. The summed E-state index contributed by atoms with van der Waals surface area (Å²) in [6.45, 7) is 4.03. The lowest BCUT2D eigenvalue weighted by molar-refractivity contribution is -0.137. The molecule has 88 valence electrons. The van der Waals surface area contributed by atoms with Crippen molar-refractivity contribution < 1.29 is 14.3 Å². The topological polar surface area (TPSA) is 76.2 Å². The van der Waals surface area contributed by atoms with Gasteiger partial charge in [-0.05, 0) is 18.3 Å². The van der Waals surface area contributed by atoms with Crippen LogP contribution in [0.15, 0.2) is 4.42 Å². The second-order valence-corrected chi connectivity index (χ2v) is 4.76. The van der Waals surface area contributed by atoms with Crippen molar-refractivity contribution in [3.05, 3.63) is 11.8 Å². The van der Waals surface area contributed by atoms with E-state index in [-0.39, 0.29) is 12.3 Å². The lowest BCUT2D eigenvalue weighted by Crippen LogP contribution is -2.07. The van der Waals surface area contributed by atoms with E-state index in [9.17, 15) is 4.79 Å². The van der Waals surface area contributed by atoms with Crippen LogP contribution in [0.25, 0.3) is 0 Å². The Hall–Kier alpha value is -1.39. The molecule has 1 aromatic rings. The van der Waals surface area contributed by atoms with Crippen molar-refractivity contribution in [3.8, 4) is 0 Å². The van der Waals surface area contributed by atoms with Crippen LogP contribution in [0, 0.1) is 11.8 Å². The molecule has 0 aliphatic heterocycles. The van der Waals surface area contributed by atoms with Gasteiger partial charge in [-0.2, -0.15) is 0 Å². The Kier molecular flexibility index (Phi) is 2.94. The van der Waals surface area contributed by atoms with Gasteiger partial charge in [-0.1, -0.05) is 13.8 Å². The predicted molar refractivity (Wildman–Crippen MR) is 55.9 cm³/mol. The molecule has 1 heterocycles. The van der Waals surface area contributed by atoms with Gasteiger partial charge in [-0.3, -0.25) is 4.79 Å². The molecule has 5 heteroatoms. The van der Waals surface area contributed by atoms with Crippen LogP contribution in [0.4, 0.5) is 0 Å². The summed E-state index contributed by atoms with van der Waals surface area (Å²) in [7, 11) is 0. The number of carboxylic acids is 1. The molecule has 3 unspecified atom stereocenters. The van der Waals surface area contributed by atoms with Crippen molar-refractivity contribution in [3.63, 3.8) is 0 Å². The first-order valence-corrected chi connectivity index (χ1v) is 5.60. The van der Waals surface area contributed by atoms with E-state index in [4.69, 9.17) is 9.52 Å². The normalized spacial score (nSPS) is 25.4. The van der Waals surface area contributed by atoms with Crippen LogP contribution in [-0.4, -0.2) is 21.3 Å². The van der Waals surface area contributed by atoms with E-state index >= 15 is 0 Å². The Morgan fingerprint density at radius 1 is 1.62 bits per heavy atom. The first kappa shape index (κ1) is 11.1. The molecule has 3 atom stereocenters. The zero-order valence-electron chi connectivity index (χ0n) is 9.51. The second-order valence-electron chi connectivity index (χ2n) is 4.76. The molecule has 5 nitrogen and oxygen atoms in total. The molecule has 1 fully saturated rings. The third-order valence-electron chi connectivity index (χ3n) is 2.96. The third kappa shape index (κ3) is 2.59. The summed E-state index contributed by atoms with van der Waals surface area (Å²) < 4.78 is 5.52. The molecule has 1 saturated carbocycles. The number of carbonyl (C=O) groups is 1. The number of hydrogen-bond acceptors (Lipinski definition) is 4. The molecule has 0 saturated heterocycles. The number of carboxylic acid groups (broad SMARTS) is 1. The predicted octanol–water partition coefficient (Wildman–Crippen LogP) is 1.85. The highest BCUT2D eigenvalue weighted by Crippen LogP contribution is 2.46. The van der Waals surface area contributed by atoms with Crippen molar-refractivity contribution in [2.24, 2.45) is 11.8 Å². The van der Waals surface area contributed by atoms with Crippen LogP contribution in [0.2, 0.25) is 0 Å². The average Bonchev–Trinajstić information content (AvgIpc) is 2.73. The van der Waals surface area contributed by atoms with Crippen LogP contribution in [-0.2, 0) is 11.2 Å². The van der Waals surface area contributed by atoms with Gasteiger partial charge in [0.25, 0.3) is 0 Å². The first-order chi connectivity index (χ1) is 7.56. The van der Waals surface area contributed by atoms with E-state index in [1.807, 2.05) is 6.92 Å². The van der Waals surface area contributed by atoms with Crippen LogP contribution >= 0.6 is 0 Å². The van der Waals surface area contributed by atoms with Gasteiger partial charge >= 0.3 is 5.97 Å². The maximum atomic E-state index is 10.5. The smallest absolute Gasteiger partial charge is 0.303 e. The molecule has 2 rings (SSSR count). The standard InChI is InChI=1S/C11H16N2O3/c1-6(4-10(14)15)3-9-12-13-11(16-9)8-5-7(8)2/h6-8H,3-5H2,1-2H3,(H,14,15). The van der Waals surface area contributed by atoms with Crippen molar-refractivity contribution in [1.29, 1.82) is 0 Å². The Morgan fingerprint density at radius 3 is 2.88 bits per heavy atom. The molecular formula is C11H16N2O3. The minimum absolute atomic E-state index is 0.0300. The number of rotatable bonds is 5. The van der Waals surface area contributed by atoms with E-state index in [0.29, 0.717) is 30.0 Å². The molecule has 1 aliphatic carbocycles. The summed E-state index contributed by atoms with van der Waals surface area (Å²) >= 11 is 0. The van der Waals surface area contributed by atoms with Crippen LogP contribution < -0.4 is 0 Å². The molecule has 0 aromatic carbocycles. The van der Waals surface area contributed by atoms with Crippen molar-refractivity contribution in [2.75, 3.05) is 0 Å². The van der Waals surface area contributed by atoms with Crippen LogP contribution in [0.3, 0.4) is 0 Å². The van der Waals surface area contributed by atoms with Gasteiger partial charge in [-0.25, -0.2) is 0 Å². The second kappa shape index (κ2) is 4.23. The molecule has 1 aliphatic rings. The summed E-state index contributed by atoms with van der Waals surface area (Å²) in [5.41, 5.74) is 0. The van der Waals surface area contributed by atoms with Crippen molar-refractivity contribution in [1.82, 2.24) is 10.2 Å². The molecule has 0 amide bonds. The van der Waals surface area contributed by atoms with Gasteiger partial charge in [0.2, 0.25) is 11.8 Å². The summed E-state index contributed by atoms with van der Waals surface area (Å²) in [5.74, 6) is 1.58. The van der Waals surface area contributed by atoms with Gasteiger partial charge in [0.15, 0.2) is 0 Å². The summed E-state index contributed by atoms with van der Waals surface area (Å²) in [4.78, 5) is 10.5. The van der Waals surface area contributed by atoms with E-state index < -0.39 is 5.97 Å². The number of aliphatic carboxylic acids is 1. The Labute approximate surface area is 93.9 Å². The monoisotopic (exact) mass is 224 g/mol. The Morgan fingerprint density at radius 2 is 2.31 bits per heavy atom. The molecule has 0 spiro atoms. The van der Waals surface area contributed by atoms with Gasteiger partial charge in [-0.15, -0.1) is 10.2 Å². The zero-order chi connectivity index (χ0) is 11.7. The molecule has 16 heavy (non-hydrogen) atoms. The highest BCUT2D eigenvalue weighted by molar-refractivity contribution is 5.66. The maximum Gasteiger partial charge on any atom is 0.303 e. The van der Waals surface area contributed by atoms with Gasteiger partial charge < -0.3 is 9.52 Å². The first-order valence-electron chi connectivity index (χ1n) is 5.60. The van der Waals surface area contributed by atoms with Gasteiger partial charge in [0, 0.05) is 18.8 Å². The Bertz CT molecular complexity index is 388. The van der Waals surface area contributed by atoms with Crippen molar-refractivity contribution >= 4 is 5.97 Å². The van der Waals surface area contributed by atoms with E-state index in [2.05, 4.69) is 17.1 Å². The zero-order valence-corrected chi connectivity index (χ0v) is 9.51. The van der Waals surface area contributed by atoms with Gasteiger partial charge in [0.05, 0.1) is 0 Å². The van der Waals surface area contributed by atoms with E-state index in [1.54, 1.807) is 0 Å². The molecule has 1 N–H and O–H groups in total. The molecular weight excluding hydrogens is 208 g/mol. The fraction of sp³-hybridized carbons (Fsp3) is 0.727. The fourth-order valence-corrected chi connectivity index (χ4v) is 1.83. The third-order valence-corrected chi connectivity index (χ3v) is 2.96. The maximum absolute atomic E-state index is 10.5. The van der Waals surface area contributed by atoms with Crippen LogP contribution in [0.1, 0.15) is 44.4 Å². The number of nitrogens with zero attached hydrogens (tertiary/aromatic N) is 2. The van der Waals surface area contributed by atoms with Crippen LogP contribution in [0.5, 0.6) is 0 Å². The minimum Gasteiger partial charge on any atom is -0.481 e. The van der Waals surface area contributed by atoms with Gasteiger partial charge in [0.1, 0.15) is 0 Å². The summed E-state index contributed by atoms with van der Waals surface area (Å²) in [6.07, 6.45) is 1.80. The minimum atomic E-state index is -0.789. The quantitative estimate of drug-likeness (QED) is 0.825. The summed E-state index contributed by atoms with van der Waals surface area (Å²) in [6, 6.07) is 0. The lowest BCUT2D eigenvalue weighted by atomic mass is 10.0. The SMILES string of the molecule is CC(CC(=O)O)Cc1nnc(C2CC2C)o1. The number of aromatic nitrogens is 2. The summed E-state index contributed by atoms with van der Waals surface area (Å²) in [5, 5.41) is 16.6. The van der Waals surface area contributed by atoms with Crippen molar-refractivity contribution in [2.45, 2.75) is 39.0 Å². The lowest BCUT2D eigenvalue weighted by Gasteiger charge is -2.03. The highest BCUT2D eigenvalue weighted by Gasteiger charge is 2.38. The highest BCUT2D eigenvalue weighted by atomic mass is 16.4. The van der Waals surface area contributed by atoms with E-state index in [0.717, 1.165) is 6.42 Å². The molecule has 1 aromatic heterocycles. The Balaban J connectivity index is 1.90. The average molecular weight is 224 g/mol. The molecule has 0 radical (unpaired) electrons.